The van der Waals surface area contributed by atoms with Crippen LogP contribution in [0.4, 0.5) is 0 Å². The third-order valence-electron chi connectivity index (χ3n) is 12.9. The quantitative estimate of drug-likeness (QED) is 0.0169. The number of allylic oxidation sites excluding steroid dienone is 4. The molecule has 0 aliphatic heterocycles. The van der Waals surface area contributed by atoms with Crippen molar-refractivity contribution in [2.45, 2.75) is 284 Å². The van der Waals surface area contributed by atoms with Gasteiger partial charge in [0.05, 0.1) is 26.4 Å². The summed E-state index contributed by atoms with van der Waals surface area (Å²) in [5.41, 5.74) is 0. The number of ether oxygens (including phenoxy) is 4. The first-order valence-electron chi connectivity index (χ1n) is 30.5. The molecule has 0 saturated carbocycles. The normalized spacial score (nSPS) is 14.6. The molecule has 0 saturated heterocycles. The largest absolute Gasteiger partial charge is 0.472 e. The van der Waals surface area contributed by atoms with Gasteiger partial charge in [-0.2, -0.15) is 0 Å². The third kappa shape index (κ3) is 52.9. The molecule has 17 nitrogen and oxygen atoms in total. The Morgan fingerprint density at radius 3 is 1.05 bits per heavy atom. The van der Waals surface area contributed by atoms with E-state index in [9.17, 15) is 43.2 Å². The molecule has 0 bridgehead atoms. The molecule has 0 radical (unpaired) electrons. The van der Waals surface area contributed by atoms with E-state index >= 15 is 0 Å². The van der Waals surface area contributed by atoms with E-state index in [4.69, 9.17) is 37.0 Å². The number of carbonyl (C=O) groups is 4. The van der Waals surface area contributed by atoms with Crippen molar-refractivity contribution in [2.75, 3.05) is 39.6 Å². The van der Waals surface area contributed by atoms with E-state index < -0.39 is 97.5 Å². The SMILES string of the molecule is CCCCCC/C=C\C=C/CCCCCCCC(=O)O[C@H](COC(=O)CCCCCCCCC(C)C)COP(=O)(O)OC[C@@H](O)COP(=O)(O)OC[C@@H](COC(=O)CCCCCCC)OC(=O)CCCCCCCCCCC. The Hall–Kier alpha value is -2.46. The second kappa shape index (κ2) is 52.6. The zero-order valence-electron chi connectivity index (χ0n) is 49.3. The van der Waals surface area contributed by atoms with Gasteiger partial charge >= 0.3 is 39.5 Å². The highest BCUT2D eigenvalue weighted by Crippen LogP contribution is 2.45. The summed E-state index contributed by atoms with van der Waals surface area (Å²) in [6.45, 7) is 6.89. The van der Waals surface area contributed by atoms with Crippen molar-refractivity contribution in [3.63, 3.8) is 0 Å². The minimum absolute atomic E-state index is 0.0837. The zero-order chi connectivity index (χ0) is 57.8. The monoisotopic (exact) mass is 1150 g/mol. The van der Waals surface area contributed by atoms with Gasteiger partial charge in [-0.05, 0) is 57.3 Å². The van der Waals surface area contributed by atoms with Crippen LogP contribution in [0.2, 0.25) is 0 Å². The number of hydrogen-bond donors (Lipinski definition) is 3. The van der Waals surface area contributed by atoms with Crippen molar-refractivity contribution in [3.05, 3.63) is 24.3 Å². The van der Waals surface area contributed by atoms with Crippen LogP contribution >= 0.6 is 15.6 Å². The van der Waals surface area contributed by atoms with Gasteiger partial charge in [-0.3, -0.25) is 37.3 Å². The molecule has 0 spiro atoms. The molecule has 5 atom stereocenters. The molecule has 2 unspecified atom stereocenters. The summed E-state index contributed by atoms with van der Waals surface area (Å²) in [5.74, 6) is -1.51. The van der Waals surface area contributed by atoms with Gasteiger partial charge in [0.2, 0.25) is 0 Å². The van der Waals surface area contributed by atoms with Crippen LogP contribution in [0.5, 0.6) is 0 Å². The van der Waals surface area contributed by atoms with Crippen LogP contribution in [0.3, 0.4) is 0 Å². The molecule has 19 heteroatoms. The van der Waals surface area contributed by atoms with Crippen molar-refractivity contribution in [2.24, 2.45) is 5.92 Å². The minimum atomic E-state index is -4.94. The molecule has 458 valence electrons. The average Bonchev–Trinajstić information content (AvgIpc) is 3.40. The average molecular weight is 1150 g/mol. The van der Waals surface area contributed by atoms with Gasteiger partial charge in [-0.25, -0.2) is 9.13 Å². The minimum Gasteiger partial charge on any atom is -0.462 e. The summed E-state index contributed by atoms with van der Waals surface area (Å²) in [4.78, 5) is 71.6. The van der Waals surface area contributed by atoms with Crippen LogP contribution in [0.15, 0.2) is 24.3 Å². The summed E-state index contributed by atoms with van der Waals surface area (Å²) in [6.07, 6.45) is 37.6. The Balaban J connectivity index is 5.20. The van der Waals surface area contributed by atoms with Crippen molar-refractivity contribution >= 4 is 39.5 Å². The van der Waals surface area contributed by atoms with E-state index in [1.165, 1.54) is 64.2 Å². The fraction of sp³-hybridized carbons (Fsp3) is 0.864. The van der Waals surface area contributed by atoms with Gasteiger partial charge < -0.3 is 33.8 Å². The van der Waals surface area contributed by atoms with E-state index in [1.807, 2.05) is 0 Å². The van der Waals surface area contributed by atoms with Crippen LogP contribution in [-0.4, -0.2) is 96.7 Å². The number of aliphatic hydroxyl groups excluding tert-OH is 1. The number of aliphatic hydroxyl groups is 1. The highest BCUT2D eigenvalue weighted by atomic mass is 31.2. The fourth-order valence-corrected chi connectivity index (χ4v) is 9.74. The maximum Gasteiger partial charge on any atom is 0.472 e. The van der Waals surface area contributed by atoms with E-state index in [2.05, 4.69) is 58.9 Å². The first-order valence-corrected chi connectivity index (χ1v) is 33.4. The predicted octanol–water partition coefficient (Wildman–Crippen LogP) is 15.4. The summed E-state index contributed by atoms with van der Waals surface area (Å²) < 4.78 is 67.5. The van der Waals surface area contributed by atoms with Crippen LogP contribution in [0.25, 0.3) is 0 Å². The maximum atomic E-state index is 12.9. The van der Waals surface area contributed by atoms with Gasteiger partial charge in [0.1, 0.15) is 19.3 Å². The van der Waals surface area contributed by atoms with Crippen molar-refractivity contribution in [1.82, 2.24) is 0 Å². The Morgan fingerprint density at radius 2 is 0.692 bits per heavy atom. The molecule has 0 aliphatic rings. The van der Waals surface area contributed by atoms with Gasteiger partial charge in [-0.15, -0.1) is 0 Å². The highest BCUT2D eigenvalue weighted by Gasteiger charge is 2.30. The lowest BCUT2D eigenvalue weighted by Crippen LogP contribution is -2.30. The molecule has 0 aromatic rings. The maximum absolute atomic E-state index is 12.9. The van der Waals surface area contributed by atoms with E-state index in [-0.39, 0.29) is 25.7 Å². The smallest absolute Gasteiger partial charge is 0.462 e. The molecule has 0 aromatic heterocycles. The third-order valence-corrected chi connectivity index (χ3v) is 14.8. The van der Waals surface area contributed by atoms with E-state index in [0.29, 0.717) is 31.6 Å². The second-order valence-electron chi connectivity index (χ2n) is 21.2. The van der Waals surface area contributed by atoms with Gasteiger partial charge in [0.25, 0.3) is 0 Å². The number of carbonyl (C=O) groups excluding carboxylic acids is 4. The lowest BCUT2D eigenvalue weighted by Gasteiger charge is -2.21. The molecular weight excluding hydrogens is 1040 g/mol. The highest BCUT2D eigenvalue weighted by molar-refractivity contribution is 7.47. The fourth-order valence-electron chi connectivity index (χ4n) is 8.16. The standard InChI is InChI=1S/C59H110O17P2/c1-6-9-12-15-17-19-20-21-22-23-24-26-28-35-40-45-59(64)76-55(49-70-57(62)43-38-33-30-29-32-36-41-52(4)5)51-74-78(67,68)72-47-53(60)46-71-77(65,66)73-50-54(48-69-56(61)42-37-31-14-11-8-3)75-58(63)44-39-34-27-25-18-16-13-10-7-2/h19-22,52-55,60H,6-18,23-51H2,1-5H3,(H,65,66)(H,67,68)/b20-19-,22-21-/t53-,54+,55+/m0/s1. The number of unbranched alkanes of at least 4 members (excludes halogenated alkanes) is 26. The zero-order valence-corrected chi connectivity index (χ0v) is 51.1. The predicted molar refractivity (Wildman–Crippen MR) is 307 cm³/mol. The van der Waals surface area contributed by atoms with Gasteiger partial charge in [0, 0.05) is 25.7 Å². The van der Waals surface area contributed by atoms with Crippen molar-refractivity contribution in [3.8, 4) is 0 Å². The summed E-state index contributed by atoms with van der Waals surface area (Å²) in [6, 6.07) is 0. The molecule has 0 aliphatic carbocycles. The number of rotatable bonds is 57. The second-order valence-corrected chi connectivity index (χ2v) is 24.1. The first-order chi connectivity index (χ1) is 37.5. The summed E-state index contributed by atoms with van der Waals surface area (Å²) in [7, 11) is -9.88. The molecule has 3 N–H and O–H groups in total. The summed E-state index contributed by atoms with van der Waals surface area (Å²) >= 11 is 0. The lowest BCUT2D eigenvalue weighted by molar-refractivity contribution is -0.161. The molecule has 0 aromatic carbocycles. The molecule has 0 rings (SSSR count). The van der Waals surface area contributed by atoms with E-state index in [0.717, 1.165) is 116 Å². The topological polar surface area (TPSA) is 237 Å². The molecule has 78 heavy (non-hydrogen) atoms. The van der Waals surface area contributed by atoms with Crippen LogP contribution < -0.4 is 0 Å². The molecular formula is C59H110O17P2. The first kappa shape index (κ1) is 75.5. The summed E-state index contributed by atoms with van der Waals surface area (Å²) in [5, 5.41) is 10.5. The Kier molecular flexibility index (Phi) is 50.9. The number of esters is 4. The van der Waals surface area contributed by atoms with Crippen LogP contribution in [0.1, 0.15) is 266 Å². The Morgan fingerprint density at radius 1 is 0.397 bits per heavy atom. The Bertz CT molecular complexity index is 1620. The number of hydrogen-bond acceptors (Lipinski definition) is 15. The van der Waals surface area contributed by atoms with E-state index in [1.54, 1.807) is 0 Å². The molecule has 0 heterocycles. The molecule has 0 fully saturated rings. The van der Waals surface area contributed by atoms with Crippen molar-refractivity contribution in [1.29, 1.82) is 0 Å². The Labute approximate surface area is 472 Å². The van der Waals surface area contributed by atoms with Crippen molar-refractivity contribution < 1.29 is 80.2 Å². The lowest BCUT2D eigenvalue weighted by atomic mass is 10.0. The number of phosphoric ester groups is 2. The van der Waals surface area contributed by atoms with Gasteiger partial charge in [0.15, 0.2) is 12.2 Å². The number of phosphoric acid groups is 2. The van der Waals surface area contributed by atoms with Crippen LogP contribution in [0, 0.1) is 5.92 Å². The van der Waals surface area contributed by atoms with Gasteiger partial charge in [-0.1, -0.05) is 213 Å². The molecule has 0 amide bonds. The van der Waals surface area contributed by atoms with Crippen LogP contribution in [-0.2, 0) is 65.4 Å².